The largest absolute Gasteiger partial charge is 0.305 e. The van der Waals surface area contributed by atoms with Crippen LogP contribution in [0.4, 0.5) is 4.39 Å². The zero-order chi connectivity index (χ0) is 10.6. The first-order valence-electron chi connectivity index (χ1n) is 5.57. The summed E-state index contributed by atoms with van der Waals surface area (Å²) in [5.41, 5.74) is 2.25. The quantitative estimate of drug-likeness (QED) is 0.731. The summed E-state index contributed by atoms with van der Waals surface area (Å²) in [6.45, 7) is 4.09. The highest BCUT2D eigenvalue weighted by Crippen LogP contribution is 2.58. The van der Waals surface area contributed by atoms with Crippen LogP contribution < -0.4 is 0 Å². The number of nitrogens with zero attached hydrogens (tertiary/aromatic N) is 1. The Hall–Kier alpha value is -0.600. The lowest BCUT2D eigenvalue weighted by Crippen LogP contribution is -2.22. The first-order chi connectivity index (χ1) is 7.12. The van der Waals surface area contributed by atoms with Gasteiger partial charge < -0.3 is 4.90 Å². The number of piperidine rings is 1. The second kappa shape index (κ2) is 3.71. The van der Waals surface area contributed by atoms with Crippen molar-refractivity contribution in [1.82, 2.24) is 4.90 Å². The van der Waals surface area contributed by atoms with Gasteiger partial charge in [0, 0.05) is 18.5 Å². The molecule has 16 heavy (non-hydrogen) atoms. The fraction of sp³-hybridized carbons (Fsp3) is 0.538. The van der Waals surface area contributed by atoms with E-state index in [0.29, 0.717) is 5.41 Å². The van der Waals surface area contributed by atoms with Gasteiger partial charge in [-0.25, -0.2) is 4.39 Å². The van der Waals surface area contributed by atoms with E-state index in [4.69, 9.17) is 0 Å². The molecule has 1 saturated carbocycles. The van der Waals surface area contributed by atoms with Crippen LogP contribution in [0.5, 0.6) is 0 Å². The zero-order valence-corrected chi connectivity index (χ0v) is 10.5. The molecule has 0 bridgehead atoms. The molecule has 1 nitrogen and oxygen atoms in total. The van der Waals surface area contributed by atoms with Gasteiger partial charge in [0.05, 0.1) is 0 Å². The number of aryl methyl sites for hydroxylation is 1. The monoisotopic (exact) mass is 241 g/mol. The van der Waals surface area contributed by atoms with E-state index in [0.717, 1.165) is 18.0 Å². The first kappa shape index (κ1) is 11.9. The van der Waals surface area contributed by atoms with Gasteiger partial charge in [-0.2, -0.15) is 0 Å². The number of halogens is 2. The third-order valence-corrected chi connectivity index (χ3v) is 4.06. The topological polar surface area (TPSA) is 3.24 Å². The van der Waals surface area contributed by atoms with Crippen molar-refractivity contribution in [2.24, 2.45) is 5.92 Å². The summed E-state index contributed by atoms with van der Waals surface area (Å²) in [7, 11) is 2.15. The second-order valence-electron chi connectivity index (χ2n) is 5.22. The van der Waals surface area contributed by atoms with Crippen LogP contribution in [-0.4, -0.2) is 25.0 Å². The fourth-order valence-electron chi connectivity index (χ4n) is 3.08. The van der Waals surface area contributed by atoms with Crippen molar-refractivity contribution in [3.63, 3.8) is 0 Å². The first-order valence-corrected chi connectivity index (χ1v) is 5.57. The Morgan fingerprint density at radius 1 is 1.44 bits per heavy atom. The minimum Gasteiger partial charge on any atom is -0.305 e. The standard InChI is InChI=1S/C13H16FN.ClH/c1-9-3-4-10(5-12(9)14)13-6-11(13)7-15(2)8-13;/h3-5,11H,6-8H2,1-2H3;1H/t11-,13-;/m1./s1. The lowest BCUT2D eigenvalue weighted by atomic mass is 9.94. The van der Waals surface area contributed by atoms with E-state index in [1.165, 1.54) is 18.5 Å². The number of benzene rings is 1. The number of likely N-dealkylation sites (tertiary alicyclic amines) is 1. The Balaban J connectivity index is 0.000000963. The minimum atomic E-state index is -0.0536. The Labute approximate surface area is 102 Å². The van der Waals surface area contributed by atoms with Crippen LogP contribution in [-0.2, 0) is 5.41 Å². The molecule has 1 saturated heterocycles. The van der Waals surface area contributed by atoms with Gasteiger partial charge in [-0.05, 0) is 43.5 Å². The maximum absolute atomic E-state index is 13.5. The predicted octanol–water partition coefficient (Wildman–Crippen LogP) is 2.76. The summed E-state index contributed by atoms with van der Waals surface area (Å²) < 4.78 is 13.5. The molecular formula is C13H17ClFN. The van der Waals surface area contributed by atoms with E-state index in [1.54, 1.807) is 6.07 Å². The number of likely N-dealkylation sites (N-methyl/N-ethyl adjacent to an activating group) is 1. The molecule has 1 heterocycles. The molecule has 0 spiro atoms. The van der Waals surface area contributed by atoms with Crippen LogP contribution in [0.1, 0.15) is 17.5 Å². The van der Waals surface area contributed by atoms with Crippen LogP contribution in [0.15, 0.2) is 18.2 Å². The van der Waals surface area contributed by atoms with Crippen molar-refractivity contribution >= 4 is 12.4 Å². The summed E-state index contributed by atoms with van der Waals surface area (Å²) in [4.78, 5) is 2.35. The number of rotatable bonds is 1. The number of fused-ring (bicyclic) bond motifs is 1. The van der Waals surface area contributed by atoms with Gasteiger partial charge in [-0.15, -0.1) is 12.4 Å². The molecule has 1 aliphatic carbocycles. The van der Waals surface area contributed by atoms with E-state index >= 15 is 0 Å². The van der Waals surface area contributed by atoms with Crippen LogP contribution in [0, 0.1) is 18.7 Å². The predicted molar refractivity (Wildman–Crippen MR) is 65.7 cm³/mol. The van der Waals surface area contributed by atoms with Crippen molar-refractivity contribution in [1.29, 1.82) is 0 Å². The van der Waals surface area contributed by atoms with Gasteiger partial charge in [-0.3, -0.25) is 0 Å². The Morgan fingerprint density at radius 3 is 2.75 bits per heavy atom. The minimum absolute atomic E-state index is 0. The fourth-order valence-corrected chi connectivity index (χ4v) is 3.08. The third kappa shape index (κ3) is 1.56. The van der Waals surface area contributed by atoms with E-state index in [2.05, 4.69) is 18.0 Å². The van der Waals surface area contributed by atoms with Crippen molar-refractivity contribution < 1.29 is 4.39 Å². The molecule has 1 aliphatic heterocycles. The Bertz CT molecular complexity index is 420. The van der Waals surface area contributed by atoms with Crippen LogP contribution in [0.25, 0.3) is 0 Å². The number of hydrogen-bond acceptors (Lipinski definition) is 1. The second-order valence-corrected chi connectivity index (χ2v) is 5.22. The van der Waals surface area contributed by atoms with Crippen LogP contribution >= 0.6 is 12.4 Å². The average Bonchev–Trinajstić information content (AvgIpc) is 2.75. The molecule has 3 heteroatoms. The highest BCUT2D eigenvalue weighted by atomic mass is 35.5. The molecule has 0 amide bonds. The summed E-state index contributed by atoms with van der Waals surface area (Å²) in [5.74, 6) is 0.715. The molecule has 3 rings (SSSR count). The number of hydrogen-bond donors (Lipinski definition) is 0. The summed E-state index contributed by atoms with van der Waals surface area (Å²) in [6, 6.07) is 5.76. The molecule has 0 N–H and O–H groups in total. The van der Waals surface area contributed by atoms with Crippen molar-refractivity contribution in [2.75, 3.05) is 20.1 Å². The molecule has 2 fully saturated rings. The van der Waals surface area contributed by atoms with Crippen molar-refractivity contribution in [3.05, 3.63) is 35.1 Å². The molecule has 0 aromatic heterocycles. The third-order valence-electron chi connectivity index (χ3n) is 4.06. The van der Waals surface area contributed by atoms with Gasteiger partial charge in [0.2, 0.25) is 0 Å². The molecule has 1 aromatic carbocycles. The maximum atomic E-state index is 13.5. The summed E-state index contributed by atoms with van der Waals surface area (Å²) in [6.07, 6.45) is 1.25. The van der Waals surface area contributed by atoms with E-state index in [9.17, 15) is 4.39 Å². The van der Waals surface area contributed by atoms with Gasteiger partial charge >= 0.3 is 0 Å². The van der Waals surface area contributed by atoms with Crippen molar-refractivity contribution in [2.45, 2.75) is 18.8 Å². The highest BCUT2D eigenvalue weighted by molar-refractivity contribution is 5.85. The lowest BCUT2D eigenvalue weighted by Gasteiger charge is -2.16. The Kier molecular flexibility index (Phi) is 2.75. The summed E-state index contributed by atoms with van der Waals surface area (Å²) >= 11 is 0. The molecule has 0 unspecified atom stereocenters. The molecule has 1 aromatic rings. The van der Waals surface area contributed by atoms with E-state index in [1.807, 2.05) is 13.0 Å². The van der Waals surface area contributed by atoms with Gasteiger partial charge in [0.1, 0.15) is 5.82 Å². The molecule has 88 valence electrons. The molecule has 2 atom stereocenters. The lowest BCUT2D eigenvalue weighted by molar-refractivity contribution is 0.363. The highest BCUT2D eigenvalue weighted by Gasteiger charge is 2.59. The van der Waals surface area contributed by atoms with Gasteiger partial charge in [0.15, 0.2) is 0 Å². The van der Waals surface area contributed by atoms with E-state index < -0.39 is 0 Å². The normalized spacial score (nSPS) is 32.1. The summed E-state index contributed by atoms with van der Waals surface area (Å²) in [5, 5.41) is 0. The molecule has 0 radical (unpaired) electrons. The SMILES string of the molecule is Cc1ccc([C@]23C[C@@H]2CN(C)C3)cc1F.Cl. The zero-order valence-electron chi connectivity index (χ0n) is 9.66. The molecular weight excluding hydrogens is 225 g/mol. The molecule has 2 aliphatic rings. The smallest absolute Gasteiger partial charge is 0.126 e. The van der Waals surface area contributed by atoms with Crippen LogP contribution in [0.3, 0.4) is 0 Å². The van der Waals surface area contributed by atoms with E-state index in [-0.39, 0.29) is 18.2 Å². The van der Waals surface area contributed by atoms with Crippen LogP contribution in [0.2, 0.25) is 0 Å². The van der Waals surface area contributed by atoms with Crippen molar-refractivity contribution in [3.8, 4) is 0 Å². The average molecular weight is 242 g/mol. The maximum Gasteiger partial charge on any atom is 0.126 e. The Morgan fingerprint density at radius 2 is 2.19 bits per heavy atom. The van der Waals surface area contributed by atoms with Gasteiger partial charge in [-0.1, -0.05) is 12.1 Å². The van der Waals surface area contributed by atoms with Gasteiger partial charge in [0.25, 0.3) is 0 Å².